The smallest absolute Gasteiger partial charge is 0.275 e. The molecular formula is C48H49N13O10S6. The Labute approximate surface area is 462 Å². The van der Waals surface area contributed by atoms with Crippen LogP contribution in [-0.4, -0.2) is 127 Å². The molecule has 8 bridgehead atoms. The van der Waals surface area contributed by atoms with Crippen molar-refractivity contribution in [3.63, 3.8) is 0 Å². The lowest BCUT2D eigenvalue weighted by Gasteiger charge is -2.28. The van der Waals surface area contributed by atoms with Crippen LogP contribution >= 0.6 is 68.0 Å². The van der Waals surface area contributed by atoms with Crippen LogP contribution in [0.15, 0.2) is 62.3 Å². The Morgan fingerprint density at radius 1 is 0.649 bits per heavy atom. The minimum absolute atomic E-state index is 0.00724. The Morgan fingerprint density at radius 2 is 1.19 bits per heavy atom. The first-order valence-corrected chi connectivity index (χ1v) is 28.6. The summed E-state index contributed by atoms with van der Waals surface area (Å²) in [4.78, 5) is 114. The number of aliphatic hydroxyl groups excluding tert-OH is 3. The van der Waals surface area contributed by atoms with Crippen molar-refractivity contribution < 1.29 is 49.2 Å². The number of carbonyl (C=O) groups is 6. The summed E-state index contributed by atoms with van der Waals surface area (Å²) < 4.78 is 0. The third-order valence-corrected chi connectivity index (χ3v) is 16.5. The zero-order valence-corrected chi connectivity index (χ0v) is 46.7. The third kappa shape index (κ3) is 12.9. The van der Waals surface area contributed by atoms with E-state index in [-0.39, 0.29) is 61.4 Å². The molecule has 77 heavy (non-hydrogen) atoms. The summed E-state index contributed by atoms with van der Waals surface area (Å²) in [6.07, 6.45) is -0.384. The lowest BCUT2D eigenvalue weighted by molar-refractivity contribution is -0.124. The van der Waals surface area contributed by atoms with Gasteiger partial charge in [0, 0.05) is 44.4 Å². The molecule has 0 saturated heterocycles. The molecule has 10 N–H and O–H groups in total. The number of nitrogens with one attached hydrogen (secondary N) is 6. The molecule has 0 saturated carbocycles. The van der Waals surface area contributed by atoms with Gasteiger partial charge in [0.1, 0.15) is 93.7 Å². The van der Waals surface area contributed by atoms with Crippen molar-refractivity contribution in [1.29, 1.82) is 0 Å². The van der Waals surface area contributed by atoms with E-state index in [1.165, 1.54) is 79.6 Å². The highest BCUT2D eigenvalue weighted by molar-refractivity contribution is 7.15. The number of nitrogens with zero attached hydrogens (tertiary/aromatic N) is 7. The first kappa shape index (κ1) is 56.3. The highest BCUT2D eigenvalue weighted by atomic mass is 32.1. The number of pyridine rings is 1. The van der Waals surface area contributed by atoms with Gasteiger partial charge in [0.25, 0.3) is 29.5 Å². The Bertz CT molecular complexity index is 3430. The number of fused-ring (bicyclic) bond motifs is 11. The van der Waals surface area contributed by atoms with Crippen molar-refractivity contribution in [2.75, 3.05) is 6.54 Å². The van der Waals surface area contributed by atoms with E-state index in [0.29, 0.717) is 37.7 Å². The highest BCUT2D eigenvalue weighted by Gasteiger charge is 2.35. The molecule has 402 valence electrons. The van der Waals surface area contributed by atoms with Crippen LogP contribution in [0.3, 0.4) is 0 Å². The highest BCUT2D eigenvalue weighted by Crippen LogP contribution is 2.38. The van der Waals surface area contributed by atoms with Crippen molar-refractivity contribution in [2.24, 2.45) is 0 Å². The molecule has 0 aliphatic carbocycles. The molecule has 7 aromatic rings. The third-order valence-electron chi connectivity index (χ3n) is 11.2. The van der Waals surface area contributed by atoms with Crippen LogP contribution in [0.2, 0.25) is 0 Å². The second-order valence-electron chi connectivity index (χ2n) is 17.7. The summed E-state index contributed by atoms with van der Waals surface area (Å²) in [5.41, 5.74) is 0.232. The van der Waals surface area contributed by atoms with Gasteiger partial charge in [-0.2, -0.15) is 0 Å². The SMILES string of the molecule is CC=C(NC(=O)c1csc(-c2csc(-c3ccc4c(n3)-c3csc(n3)C(C(C)O)NC(=O)c3csc(n3)C(C(C)(C)O)NC(=O)c3csc(n3)C(=CC)NC(=O)C(C(C)O)NC(=O)c3csc-4n3)n2)n1)C(=O)NCC(C)O. The average Bonchev–Trinajstić information content (AvgIpc) is 4.26. The number of amides is 6. The molecular weight excluding hydrogens is 1110 g/mol. The van der Waals surface area contributed by atoms with Gasteiger partial charge in [0.15, 0.2) is 0 Å². The molecule has 23 nitrogen and oxygen atoms in total. The lowest BCUT2D eigenvalue weighted by atomic mass is 9.99. The van der Waals surface area contributed by atoms with E-state index in [2.05, 4.69) is 51.8 Å². The lowest BCUT2D eigenvalue weighted by Crippen LogP contribution is -2.52. The molecule has 8 rings (SSSR count). The topological polar surface area (TPSA) is 346 Å². The number of hydrogen-bond acceptors (Lipinski definition) is 23. The zero-order chi connectivity index (χ0) is 55.5. The Morgan fingerprint density at radius 3 is 1.86 bits per heavy atom. The Kier molecular flexibility index (Phi) is 17.4. The summed E-state index contributed by atoms with van der Waals surface area (Å²) in [6.45, 7) is 10.5. The van der Waals surface area contributed by atoms with Gasteiger partial charge in [-0.25, -0.2) is 34.9 Å². The molecule has 0 spiro atoms. The molecule has 0 radical (unpaired) electrons. The van der Waals surface area contributed by atoms with Crippen LogP contribution in [0, 0.1) is 0 Å². The van der Waals surface area contributed by atoms with E-state index in [9.17, 15) is 49.2 Å². The molecule has 1 aliphatic rings. The predicted molar refractivity (Wildman–Crippen MR) is 292 cm³/mol. The molecule has 1 aliphatic heterocycles. The van der Waals surface area contributed by atoms with Gasteiger partial charge in [-0.3, -0.25) is 28.8 Å². The van der Waals surface area contributed by atoms with Crippen molar-refractivity contribution in [2.45, 2.75) is 90.5 Å². The number of hydrogen-bond donors (Lipinski definition) is 10. The minimum Gasteiger partial charge on any atom is -0.392 e. The van der Waals surface area contributed by atoms with E-state index in [1.807, 2.05) is 0 Å². The van der Waals surface area contributed by atoms with Crippen LogP contribution in [0.25, 0.3) is 49.1 Å². The van der Waals surface area contributed by atoms with Gasteiger partial charge < -0.3 is 52.3 Å². The van der Waals surface area contributed by atoms with Crippen LogP contribution in [0.1, 0.15) is 118 Å². The van der Waals surface area contributed by atoms with Crippen molar-refractivity contribution in [1.82, 2.24) is 66.8 Å². The van der Waals surface area contributed by atoms with Crippen molar-refractivity contribution in [3.8, 4) is 43.4 Å². The maximum atomic E-state index is 13.9. The summed E-state index contributed by atoms with van der Waals surface area (Å²) in [6, 6.07) is -0.252. The quantitative estimate of drug-likeness (QED) is 0.0831. The van der Waals surface area contributed by atoms with Crippen molar-refractivity contribution >= 4 is 109 Å². The second-order valence-corrected chi connectivity index (χ2v) is 22.9. The molecule has 6 atom stereocenters. The van der Waals surface area contributed by atoms with E-state index < -0.39 is 77.5 Å². The van der Waals surface area contributed by atoms with E-state index in [1.54, 1.807) is 36.7 Å². The number of allylic oxidation sites excluding steroid dienone is 2. The summed E-state index contributed by atoms with van der Waals surface area (Å²) in [7, 11) is 0. The van der Waals surface area contributed by atoms with E-state index >= 15 is 0 Å². The van der Waals surface area contributed by atoms with Crippen LogP contribution < -0.4 is 31.9 Å². The molecule has 29 heteroatoms. The van der Waals surface area contributed by atoms with Crippen molar-refractivity contribution in [3.05, 3.63) is 100 Å². The van der Waals surface area contributed by atoms with Crippen LogP contribution in [0.5, 0.6) is 0 Å². The number of aliphatic hydroxyl groups is 4. The standard InChI is InChI=1S/C48H49N13O10S6/c1-8-23(36(65)49-12-19(3)62)51-37(66)27-15-74-45(56-27)31-18-75-44(58-31)25-11-10-22-34(50-25)26-13-76-46(53-26)33(21(5)64)60-39(68)29-17-77-47(57-29)35(48(6,7)71)61-40(69)30-16-73-43(55-30)24(9-2)52-41(70)32(20(4)63)59-38(67)28-14-72-42(22)54-28/h8-11,13-21,32-33,35,62-64,71H,12H2,1-7H3,(H,49,65)(H,51,66)(H,52,70)(H,59,67)(H,60,68)(H,61,69). The minimum atomic E-state index is -1.59. The normalized spacial score (nSPS) is 18.6. The maximum Gasteiger partial charge on any atom is 0.275 e. The fourth-order valence-electron chi connectivity index (χ4n) is 7.21. The molecule has 7 aromatic heterocycles. The Balaban J connectivity index is 1.15. The number of thiazole rings is 6. The molecule has 8 heterocycles. The number of carbonyl (C=O) groups excluding carboxylic acids is 6. The molecule has 6 unspecified atom stereocenters. The molecule has 0 fully saturated rings. The monoisotopic (exact) mass is 1160 g/mol. The van der Waals surface area contributed by atoms with Gasteiger partial charge in [0.2, 0.25) is 5.91 Å². The summed E-state index contributed by atoms with van der Waals surface area (Å²) in [5.74, 6) is -4.15. The molecule has 6 amide bonds. The van der Waals surface area contributed by atoms with E-state index in [4.69, 9.17) is 15.0 Å². The Hall–Kier alpha value is -6.93. The predicted octanol–water partition coefficient (Wildman–Crippen LogP) is 4.68. The summed E-state index contributed by atoms with van der Waals surface area (Å²) in [5, 5.41) is 69.9. The van der Waals surface area contributed by atoms with Gasteiger partial charge in [-0.1, -0.05) is 12.2 Å². The fourth-order valence-corrected chi connectivity index (χ4v) is 12.4. The van der Waals surface area contributed by atoms with Gasteiger partial charge in [-0.15, -0.1) is 68.0 Å². The fraction of sp³-hybridized carbons (Fsp3) is 0.312. The van der Waals surface area contributed by atoms with Gasteiger partial charge >= 0.3 is 0 Å². The number of aromatic nitrogens is 7. The number of rotatable bonds is 10. The van der Waals surface area contributed by atoms with E-state index in [0.717, 1.165) is 56.7 Å². The molecule has 0 aromatic carbocycles. The van der Waals surface area contributed by atoms with Gasteiger partial charge in [-0.05, 0) is 60.6 Å². The largest absolute Gasteiger partial charge is 0.392 e. The van der Waals surface area contributed by atoms with Crippen LogP contribution in [-0.2, 0) is 9.59 Å². The maximum absolute atomic E-state index is 13.9. The average molecular weight is 1160 g/mol. The first-order chi connectivity index (χ1) is 36.6. The van der Waals surface area contributed by atoms with Crippen LogP contribution in [0.4, 0.5) is 0 Å². The second kappa shape index (κ2) is 23.8. The zero-order valence-electron chi connectivity index (χ0n) is 41.8. The summed E-state index contributed by atoms with van der Waals surface area (Å²) >= 11 is 6.67. The van der Waals surface area contributed by atoms with Gasteiger partial charge in [0.05, 0.1) is 35.3 Å². The first-order valence-electron chi connectivity index (χ1n) is 23.3.